The number of ether oxygens (including phenoxy) is 3. The summed E-state index contributed by atoms with van der Waals surface area (Å²) in [6, 6.07) is 4.60. The van der Waals surface area contributed by atoms with Crippen LogP contribution in [0.15, 0.2) is 70.6 Å². The number of ketones is 1. The van der Waals surface area contributed by atoms with Gasteiger partial charge in [0.05, 0.1) is 37.3 Å². The number of phosphoric acid groups is 1. The number of phenols is 1. The van der Waals surface area contributed by atoms with E-state index in [1.165, 1.54) is 12.1 Å². The van der Waals surface area contributed by atoms with E-state index >= 15 is 0 Å². The molecule has 12 atom stereocenters. The van der Waals surface area contributed by atoms with Crippen LogP contribution in [0, 0.1) is 5.82 Å². The molecular weight excluding hydrogens is 1080 g/mol. The average Bonchev–Trinajstić information content (AvgIpc) is 3.65. The van der Waals surface area contributed by atoms with Crippen LogP contribution in [0.2, 0.25) is 0 Å². The minimum Gasteiger partial charge on any atom is -0.756 e. The zero-order valence-corrected chi connectivity index (χ0v) is 45.6. The Morgan fingerprint density at radius 3 is 2.40 bits per heavy atom. The van der Waals surface area contributed by atoms with E-state index in [9.17, 15) is 93.0 Å². The number of unbranched alkanes of at least 4 members (excludes halogenated alkanes) is 2. The van der Waals surface area contributed by atoms with Crippen molar-refractivity contribution in [2.75, 3.05) is 25.5 Å². The minimum absolute atomic E-state index is 0. The van der Waals surface area contributed by atoms with Crippen molar-refractivity contribution in [2.24, 2.45) is 0 Å². The molecule has 2 saturated heterocycles. The summed E-state index contributed by atoms with van der Waals surface area (Å²) >= 11 is 0. The van der Waals surface area contributed by atoms with Gasteiger partial charge in [0.25, 0.3) is 13.7 Å². The Bertz CT molecular complexity index is 2940. The van der Waals surface area contributed by atoms with Gasteiger partial charge in [-0.1, -0.05) is 6.42 Å². The first kappa shape index (κ1) is 63.2. The summed E-state index contributed by atoms with van der Waals surface area (Å²) in [6.07, 6.45) is -15.8. The SMILES string of the molecule is Nc1ccn([C@@H]2O[C@H](COP(=O)([O-])O[C@@]3(C(=O)[O-])CC(O)[C@@H](NC(=O)CCCCCNC(=O)c4ccc(C(=O)O)c(C5C6=C(CC(=O)C(F)=C6)Oc6cc(O)c(F)cc65)c4)[C@H](C(O)[C@H](O)CO)O3)[C@H](O)[C@H]2O)c(=O)n1.[Na+].[Na+]. The van der Waals surface area contributed by atoms with Gasteiger partial charge in [-0.3, -0.25) is 28.0 Å². The second-order valence-electron chi connectivity index (χ2n) is 17.7. The molecule has 1 aromatic heterocycles. The van der Waals surface area contributed by atoms with E-state index in [2.05, 4.69) is 15.6 Å². The quantitative estimate of drug-likeness (QED) is 0.0284. The number of benzene rings is 2. The van der Waals surface area contributed by atoms with E-state index in [0.717, 1.165) is 41.1 Å². The number of aromatic carboxylic acids is 1. The van der Waals surface area contributed by atoms with Crippen LogP contribution in [0.1, 0.15) is 82.5 Å². The minimum atomic E-state index is -5.98. The van der Waals surface area contributed by atoms with Gasteiger partial charge in [0.15, 0.2) is 29.4 Å². The predicted molar refractivity (Wildman–Crippen MR) is 238 cm³/mol. The Labute approximate surface area is 477 Å². The molecule has 2 fully saturated rings. The zero-order chi connectivity index (χ0) is 54.8. The normalized spacial score (nSPS) is 26.2. The Kier molecular flexibility index (Phi) is 21.4. The number of Topliss-reactive ketones (excluding diaryl/α,β-unsaturated/α-hetero) is 1. The topological polar surface area (TPSA) is 442 Å². The molecule has 1 aliphatic carbocycles. The van der Waals surface area contributed by atoms with Gasteiger partial charge >= 0.3 is 70.8 Å². The Balaban J connectivity index is 0.00000547. The third-order valence-electron chi connectivity index (χ3n) is 12.6. The maximum atomic E-state index is 14.7. The number of hydrogen-bond acceptors (Lipinski definition) is 23. The summed E-state index contributed by atoms with van der Waals surface area (Å²) in [4.78, 5) is 92.6. The molecule has 2 aromatic carbocycles. The summed E-state index contributed by atoms with van der Waals surface area (Å²) in [5, 5.41) is 101. The van der Waals surface area contributed by atoms with Crippen molar-refractivity contribution in [2.45, 2.75) is 105 Å². The number of nitrogens with one attached hydrogen (secondary N) is 2. The van der Waals surface area contributed by atoms with E-state index in [0.29, 0.717) is 0 Å². The summed E-state index contributed by atoms with van der Waals surface area (Å²) < 4.78 is 69.2. The summed E-state index contributed by atoms with van der Waals surface area (Å²) in [5.74, 6) is -14.8. The standard InChI is InChI=1S/C45H50F2N5O22P.2Na/c46-23-11-21-29(13-25(23)54)71-30-14-26(55)24(47)12-22(30)34(21)20-10-18(5-6-19(20)42(63)64)40(62)49-8-3-1-2-4-33(58)51-35-27(56)15-45(43(65)66,73-39(35)36(59)28(57)16-53)74-75(68,69)70-17-31-37(60)38(61)41(72-31)52-9-7-32(48)50-44(52)67;;/h5-7,9-13,27-28,31,34-39,41,53-54,56-57,59-61H,1-4,8,14-17H2,(H,49,62)(H,51,58)(H,63,64)(H,65,66)(H,68,69)(H2,48,50,67);;/q;2*+1/p-2/t27?,28-,31-,34?,35-,36?,37+,38-,39-,41-,45-;;/m1../s1. The number of aromatic hydroxyl groups is 1. The molecule has 0 bridgehead atoms. The number of aliphatic hydroxyl groups is 6. The van der Waals surface area contributed by atoms with Crippen molar-refractivity contribution >= 4 is 43.2 Å². The smallest absolute Gasteiger partial charge is 0.756 e. The van der Waals surface area contributed by atoms with E-state index in [4.69, 9.17) is 29.0 Å². The summed E-state index contributed by atoms with van der Waals surface area (Å²) in [6.45, 7) is -2.40. The number of anilines is 1. The number of phenolic OH excluding ortho intramolecular Hbond substituents is 1. The van der Waals surface area contributed by atoms with Gasteiger partial charge in [0, 0.05) is 54.3 Å². The Morgan fingerprint density at radius 1 is 1.03 bits per heavy atom. The van der Waals surface area contributed by atoms with Crippen LogP contribution in [-0.4, -0.2) is 154 Å². The molecule has 4 unspecified atom stereocenters. The van der Waals surface area contributed by atoms with Crippen molar-refractivity contribution < 1.29 is 171 Å². The van der Waals surface area contributed by atoms with E-state index in [-0.39, 0.29) is 136 Å². The number of fused-ring (bicyclic) bond motifs is 1. The fraction of sp³-hybridized carbons (Fsp3) is 0.444. The summed E-state index contributed by atoms with van der Waals surface area (Å²) in [7, 11) is -5.98. The van der Waals surface area contributed by atoms with Gasteiger partial charge in [-0.2, -0.15) is 4.98 Å². The number of carboxylic acid groups (broad SMARTS) is 2. The van der Waals surface area contributed by atoms with Crippen LogP contribution in [0.5, 0.6) is 11.5 Å². The first-order valence-electron chi connectivity index (χ1n) is 22.7. The number of aromatic nitrogens is 2. The number of nitrogens with zero attached hydrogens (tertiary/aromatic N) is 2. The fourth-order valence-electron chi connectivity index (χ4n) is 8.83. The molecule has 4 heterocycles. The molecule has 3 aromatic rings. The van der Waals surface area contributed by atoms with Gasteiger partial charge in [0.2, 0.25) is 11.7 Å². The molecule has 4 aliphatic rings. The van der Waals surface area contributed by atoms with Crippen molar-refractivity contribution in [3.8, 4) is 11.5 Å². The van der Waals surface area contributed by atoms with E-state index in [1.54, 1.807) is 0 Å². The number of aliphatic carboxylic acids is 1. The predicted octanol–water partition coefficient (Wildman–Crippen LogP) is -9.11. The molecule has 12 N–H and O–H groups in total. The number of aliphatic hydroxyl groups excluding tert-OH is 6. The number of carboxylic acids is 2. The number of allylic oxidation sites excluding steroid dienone is 4. The largest absolute Gasteiger partial charge is 1.00 e. The first-order chi connectivity index (χ1) is 35.3. The molecule has 0 radical (unpaired) electrons. The van der Waals surface area contributed by atoms with Crippen LogP contribution >= 0.6 is 7.82 Å². The number of phosphoric ester groups is 1. The fourth-order valence-corrected chi connectivity index (χ4v) is 9.76. The van der Waals surface area contributed by atoms with Crippen molar-refractivity contribution in [3.63, 3.8) is 0 Å². The number of carbonyl (C=O) groups is 5. The first-order valence-corrected chi connectivity index (χ1v) is 24.2. The van der Waals surface area contributed by atoms with Crippen molar-refractivity contribution in [1.29, 1.82) is 0 Å². The Morgan fingerprint density at radius 2 is 1.74 bits per heavy atom. The van der Waals surface area contributed by atoms with Gasteiger partial charge in [-0.05, 0) is 54.8 Å². The summed E-state index contributed by atoms with van der Waals surface area (Å²) in [5.41, 5.74) is 3.83. The number of halogens is 2. The molecule has 0 saturated carbocycles. The molecule has 7 rings (SSSR count). The number of hydrogen-bond donors (Lipinski definition) is 11. The molecule has 27 nitrogen and oxygen atoms in total. The third kappa shape index (κ3) is 14.1. The third-order valence-corrected chi connectivity index (χ3v) is 13.6. The van der Waals surface area contributed by atoms with Crippen LogP contribution in [0.3, 0.4) is 0 Å². The maximum absolute atomic E-state index is 14.7. The number of carbonyl (C=O) groups excluding carboxylic acids is 4. The average molecular weight is 1130 g/mol. The van der Waals surface area contributed by atoms with Gasteiger partial charge < -0.3 is 90.7 Å². The monoisotopic (exact) mass is 1130 g/mol. The number of rotatable bonds is 20. The number of amides is 2. The molecule has 32 heteroatoms. The van der Waals surface area contributed by atoms with Gasteiger partial charge in [0.1, 0.15) is 59.9 Å². The van der Waals surface area contributed by atoms with Gasteiger partial charge in [-0.25, -0.2) is 18.4 Å². The maximum Gasteiger partial charge on any atom is 1.00 e. The second-order valence-corrected chi connectivity index (χ2v) is 19.0. The molecule has 0 spiro atoms. The number of nitrogens with two attached hydrogens (primary N) is 1. The van der Waals surface area contributed by atoms with Crippen molar-refractivity contribution in [3.05, 3.63) is 104 Å². The Hall–Kier alpha value is -4.60. The zero-order valence-electron chi connectivity index (χ0n) is 40.7. The second kappa shape index (κ2) is 26.1. The van der Waals surface area contributed by atoms with Crippen LogP contribution in [-0.2, 0) is 37.5 Å². The van der Waals surface area contributed by atoms with Crippen molar-refractivity contribution in [1.82, 2.24) is 20.2 Å². The van der Waals surface area contributed by atoms with Crippen LogP contribution < -0.4 is 95.9 Å². The molecule has 2 amide bonds. The van der Waals surface area contributed by atoms with E-state index < -0.39 is 153 Å². The van der Waals surface area contributed by atoms with E-state index in [1.807, 2.05) is 0 Å². The molecule has 406 valence electrons. The molecule has 3 aliphatic heterocycles. The van der Waals surface area contributed by atoms with Crippen LogP contribution in [0.25, 0.3) is 0 Å². The van der Waals surface area contributed by atoms with Gasteiger partial charge in [-0.15, -0.1) is 0 Å². The molecule has 77 heavy (non-hydrogen) atoms. The number of nitrogen functional groups attached to an aromatic ring is 1. The molecular formula is C45H48F2N5Na2O22P. The van der Waals surface area contributed by atoms with Crippen LogP contribution in [0.4, 0.5) is 14.6 Å².